The van der Waals surface area contributed by atoms with Crippen LogP contribution in [0.3, 0.4) is 0 Å². The van der Waals surface area contributed by atoms with E-state index in [0.29, 0.717) is 17.9 Å². The summed E-state index contributed by atoms with van der Waals surface area (Å²) in [5.74, 6) is 1.30. The molecular weight excluding hydrogens is 442 g/mol. The van der Waals surface area contributed by atoms with Gasteiger partial charge in [-0.3, -0.25) is 14.6 Å². The first-order valence-corrected chi connectivity index (χ1v) is 11.9. The van der Waals surface area contributed by atoms with Gasteiger partial charge in [-0.2, -0.15) is 0 Å². The zero-order valence-electron chi connectivity index (χ0n) is 18.7. The predicted molar refractivity (Wildman–Crippen MR) is 124 cm³/mol. The molecule has 0 bridgehead atoms. The van der Waals surface area contributed by atoms with Crippen LogP contribution >= 0.6 is 11.6 Å². The minimum Gasteiger partial charge on any atom is -0.454 e. The predicted octanol–water partition coefficient (Wildman–Crippen LogP) is 4.18. The zero-order chi connectivity index (χ0) is 23.0. The second-order valence-electron chi connectivity index (χ2n) is 8.98. The summed E-state index contributed by atoms with van der Waals surface area (Å²) in [4.78, 5) is 30.2. The number of halogens is 1. The van der Waals surface area contributed by atoms with E-state index in [1.54, 1.807) is 0 Å². The van der Waals surface area contributed by atoms with Crippen LogP contribution in [0.25, 0.3) is 0 Å². The number of likely N-dealkylation sites (tertiary alicyclic amines) is 1. The Morgan fingerprint density at radius 2 is 1.82 bits per heavy atom. The van der Waals surface area contributed by atoms with Gasteiger partial charge in [-0.1, -0.05) is 42.8 Å². The van der Waals surface area contributed by atoms with Crippen molar-refractivity contribution in [3.63, 3.8) is 0 Å². The van der Waals surface area contributed by atoms with Gasteiger partial charge in [0.1, 0.15) is 5.54 Å². The topological polar surface area (TPSA) is 71.1 Å². The molecule has 3 aliphatic rings. The molecule has 2 aromatic carbocycles. The number of hydrogen-bond donors (Lipinski definition) is 1. The van der Waals surface area contributed by atoms with E-state index in [1.807, 2.05) is 43.3 Å². The first-order valence-electron chi connectivity index (χ1n) is 11.5. The summed E-state index contributed by atoms with van der Waals surface area (Å²) in [6.45, 7) is 4.91. The summed E-state index contributed by atoms with van der Waals surface area (Å²) in [6.07, 6.45) is 2.27. The molecule has 2 fully saturated rings. The number of ether oxygens (including phenoxy) is 2. The van der Waals surface area contributed by atoms with Crippen molar-refractivity contribution in [2.24, 2.45) is 5.92 Å². The molecule has 0 saturated carbocycles. The van der Waals surface area contributed by atoms with Crippen molar-refractivity contribution in [3.05, 3.63) is 58.6 Å². The van der Waals surface area contributed by atoms with Gasteiger partial charge >= 0.3 is 6.03 Å². The maximum absolute atomic E-state index is 13.6. The number of benzene rings is 2. The number of carbonyl (C=O) groups is 2. The van der Waals surface area contributed by atoms with Crippen molar-refractivity contribution < 1.29 is 19.1 Å². The maximum atomic E-state index is 13.6. The maximum Gasteiger partial charge on any atom is 0.325 e. The minimum atomic E-state index is -0.843. The summed E-state index contributed by atoms with van der Waals surface area (Å²) < 4.78 is 10.8. The van der Waals surface area contributed by atoms with E-state index in [-0.39, 0.29) is 31.2 Å². The molecule has 33 heavy (non-hydrogen) atoms. The lowest BCUT2D eigenvalue weighted by Gasteiger charge is -2.40. The van der Waals surface area contributed by atoms with E-state index in [1.165, 1.54) is 4.90 Å². The Bertz CT molecular complexity index is 1070. The number of rotatable bonds is 6. The van der Waals surface area contributed by atoms with Crippen molar-refractivity contribution in [2.45, 2.75) is 44.8 Å². The molecule has 8 heteroatoms. The molecule has 2 saturated heterocycles. The summed E-state index contributed by atoms with van der Waals surface area (Å²) in [7, 11) is 0. The molecule has 0 aromatic heterocycles. The molecule has 174 valence electrons. The van der Waals surface area contributed by atoms with Gasteiger partial charge in [-0.15, -0.1) is 0 Å². The van der Waals surface area contributed by atoms with Gasteiger partial charge in [0, 0.05) is 11.6 Å². The number of nitrogens with zero attached hydrogens (tertiary/aromatic N) is 2. The second kappa shape index (κ2) is 8.88. The Kier molecular flexibility index (Phi) is 5.93. The van der Waals surface area contributed by atoms with Gasteiger partial charge in [0.25, 0.3) is 5.91 Å². The number of imide groups is 1. The number of piperidine rings is 1. The van der Waals surface area contributed by atoms with Crippen molar-refractivity contribution in [1.82, 2.24) is 15.1 Å². The number of carbonyl (C=O) groups excluding carboxylic acids is 2. The third-order valence-electron chi connectivity index (χ3n) is 7.17. The normalized spacial score (nSPS) is 23.3. The monoisotopic (exact) mass is 469 g/mol. The van der Waals surface area contributed by atoms with Gasteiger partial charge in [0.05, 0.1) is 6.54 Å². The van der Waals surface area contributed by atoms with Crippen molar-refractivity contribution in [2.75, 3.05) is 19.9 Å². The Labute approximate surface area is 198 Å². The lowest BCUT2D eigenvalue weighted by atomic mass is 9.75. The SMILES string of the molecule is CC[C@@]1(C2CCN(Cc3ccccc3Cl)CC2)NC(=O)N(Cc2ccc3c(c2)OCO3)C1=O. The molecule has 3 heterocycles. The van der Waals surface area contributed by atoms with E-state index in [4.69, 9.17) is 21.1 Å². The highest BCUT2D eigenvalue weighted by molar-refractivity contribution is 6.31. The number of fused-ring (bicyclic) bond motifs is 1. The van der Waals surface area contributed by atoms with Gasteiger partial charge in [-0.05, 0) is 67.6 Å². The van der Waals surface area contributed by atoms with E-state index in [2.05, 4.69) is 16.3 Å². The first kappa shape index (κ1) is 22.0. The summed E-state index contributed by atoms with van der Waals surface area (Å²) in [5.41, 5.74) is 1.11. The smallest absolute Gasteiger partial charge is 0.325 e. The average Bonchev–Trinajstić information content (AvgIpc) is 3.39. The number of urea groups is 1. The quantitative estimate of drug-likeness (QED) is 0.642. The molecular formula is C25H28ClN3O4. The molecule has 0 unspecified atom stereocenters. The van der Waals surface area contributed by atoms with Gasteiger partial charge in [0.2, 0.25) is 6.79 Å². The minimum absolute atomic E-state index is 0.100. The molecule has 3 amide bonds. The molecule has 0 radical (unpaired) electrons. The van der Waals surface area contributed by atoms with Crippen molar-refractivity contribution in [3.8, 4) is 11.5 Å². The molecule has 2 aromatic rings. The summed E-state index contributed by atoms with van der Waals surface area (Å²) in [6, 6.07) is 13.1. The number of amides is 3. The summed E-state index contributed by atoms with van der Waals surface area (Å²) >= 11 is 6.33. The third-order valence-corrected chi connectivity index (χ3v) is 7.54. The lowest BCUT2D eigenvalue weighted by Crippen LogP contribution is -2.55. The first-order chi connectivity index (χ1) is 16.0. The van der Waals surface area contributed by atoms with Crippen LogP contribution in [0.4, 0.5) is 4.79 Å². The number of nitrogens with one attached hydrogen (secondary N) is 1. The Morgan fingerprint density at radius 1 is 1.06 bits per heavy atom. The third kappa shape index (κ3) is 4.04. The van der Waals surface area contributed by atoms with Crippen molar-refractivity contribution >= 4 is 23.5 Å². The Hall–Kier alpha value is -2.77. The fourth-order valence-electron chi connectivity index (χ4n) is 5.27. The van der Waals surface area contributed by atoms with E-state index >= 15 is 0 Å². The van der Waals surface area contributed by atoms with Crippen LogP contribution in [-0.4, -0.2) is 47.2 Å². The molecule has 0 aliphatic carbocycles. The molecule has 0 spiro atoms. The highest BCUT2D eigenvalue weighted by Crippen LogP contribution is 2.38. The second-order valence-corrected chi connectivity index (χ2v) is 9.38. The fourth-order valence-corrected chi connectivity index (χ4v) is 5.46. The summed E-state index contributed by atoms with van der Waals surface area (Å²) in [5, 5.41) is 3.85. The number of hydrogen-bond acceptors (Lipinski definition) is 5. The molecule has 3 aliphatic heterocycles. The molecule has 1 N–H and O–H groups in total. The van der Waals surface area contributed by atoms with Gasteiger partial charge in [-0.25, -0.2) is 4.79 Å². The van der Waals surface area contributed by atoms with E-state index < -0.39 is 5.54 Å². The van der Waals surface area contributed by atoms with E-state index in [0.717, 1.165) is 48.6 Å². The lowest BCUT2D eigenvalue weighted by molar-refractivity contribution is -0.134. The highest BCUT2D eigenvalue weighted by Gasteiger charge is 2.54. The van der Waals surface area contributed by atoms with Crippen LogP contribution in [0.1, 0.15) is 37.3 Å². The Balaban J connectivity index is 1.26. The zero-order valence-corrected chi connectivity index (χ0v) is 19.4. The van der Waals surface area contributed by atoms with Crippen LogP contribution in [0.2, 0.25) is 5.02 Å². The van der Waals surface area contributed by atoms with Crippen molar-refractivity contribution in [1.29, 1.82) is 0 Å². The fraction of sp³-hybridized carbons (Fsp3) is 0.440. The van der Waals surface area contributed by atoms with Gasteiger partial charge in [0.15, 0.2) is 11.5 Å². The van der Waals surface area contributed by atoms with Crippen LogP contribution in [0.5, 0.6) is 11.5 Å². The Morgan fingerprint density at radius 3 is 2.58 bits per heavy atom. The molecule has 1 atom stereocenters. The largest absolute Gasteiger partial charge is 0.454 e. The molecule has 5 rings (SSSR count). The average molecular weight is 470 g/mol. The van der Waals surface area contributed by atoms with Crippen LogP contribution < -0.4 is 14.8 Å². The molecule has 7 nitrogen and oxygen atoms in total. The standard InChI is InChI=1S/C25H28ClN3O4/c1-2-25(19-9-11-28(12-10-19)15-18-5-3-4-6-20(18)26)23(30)29(24(31)27-25)14-17-7-8-21-22(13-17)33-16-32-21/h3-8,13,19H,2,9-12,14-16H2,1H3,(H,27,31)/t25-/m0/s1. The van der Waals surface area contributed by atoms with Crippen LogP contribution in [0, 0.1) is 5.92 Å². The van der Waals surface area contributed by atoms with E-state index in [9.17, 15) is 9.59 Å². The van der Waals surface area contributed by atoms with Crippen LogP contribution in [-0.2, 0) is 17.9 Å². The van der Waals surface area contributed by atoms with Gasteiger partial charge < -0.3 is 14.8 Å². The van der Waals surface area contributed by atoms with Crippen LogP contribution in [0.15, 0.2) is 42.5 Å². The highest BCUT2D eigenvalue weighted by atomic mass is 35.5.